The topological polar surface area (TPSA) is 18.5 Å². The number of benzene rings is 3. The summed E-state index contributed by atoms with van der Waals surface area (Å²) in [6, 6.07) is 13.9. The van der Waals surface area contributed by atoms with Crippen molar-refractivity contribution in [3.63, 3.8) is 0 Å². The summed E-state index contributed by atoms with van der Waals surface area (Å²) in [5.41, 5.74) is 13.6. The second kappa shape index (κ2) is 12.0. The predicted molar refractivity (Wildman–Crippen MR) is 156 cm³/mol. The van der Waals surface area contributed by atoms with Crippen molar-refractivity contribution in [1.82, 2.24) is 0 Å². The Morgan fingerprint density at radius 1 is 0.429 bits per heavy atom. The molecule has 0 radical (unpaired) electrons. The Morgan fingerprint density at radius 2 is 0.686 bits per heavy atom. The van der Waals surface area contributed by atoms with Crippen LogP contribution >= 0.6 is 35.3 Å². The molecule has 0 atom stereocenters. The maximum atomic E-state index is 5.81. The van der Waals surface area contributed by atoms with Gasteiger partial charge in [-0.05, 0) is 84.3 Å². The molecule has 0 aliphatic carbocycles. The van der Waals surface area contributed by atoms with Crippen molar-refractivity contribution in [3.05, 3.63) is 92.0 Å². The first kappa shape index (κ1) is 26.4. The molecule has 6 heterocycles. The minimum atomic E-state index is 0.932. The molecule has 0 aromatic heterocycles. The van der Waals surface area contributed by atoms with E-state index < -0.39 is 0 Å². The third kappa shape index (κ3) is 6.36. The Kier molecular flexibility index (Phi) is 9.07. The van der Waals surface area contributed by atoms with Crippen LogP contribution in [0.15, 0.2) is 36.4 Å². The Morgan fingerprint density at radius 3 is 1.00 bits per heavy atom. The van der Waals surface area contributed by atoms with Gasteiger partial charge in [0.2, 0.25) is 0 Å². The van der Waals surface area contributed by atoms with Gasteiger partial charge in [-0.3, -0.25) is 0 Å². The number of hydrogen-bond acceptors (Lipinski definition) is 5. The Hall–Kier alpha value is -1.69. The van der Waals surface area contributed by atoms with Crippen LogP contribution in [0.5, 0.6) is 11.5 Å². The molecule has 186 valence electrons. The summed E-state index contributed by atoms with van der Waals surface area (Å²) >= 11 is 5.90. The van der Waals surface area contributed by atoms with E-state index in [1.807, 2.05) is 35.3 Å². The molecular weight excluding hydrogens is 489 g/mol. The number of rotatable bonds is 2. The summed E-state index contributed by atoms with van der Waals surface area (Å²) in [7, 11) is 3.58. The van der Waals surface area contributed by atoms with E-state index in [-0.39, 0.29) is 0 Å². The summed E-state index contributed by atoms with van der Waals surface area (Å²) in [6.07, 6.45) is 0. The minimum Gasteiger partial charge on any atom is -0.496 e. The molecule has 35 heavy (non-hydrogen) atoms. The van der Waals surface area contributed by atoms with Crippen molar-refractivity contribution in [2.75, 3.05) is 14.2 Å². The lowest BCUT2D eigenvalue weighted by atomic mass is 10.0. The first-order valence-corrected chi connectivity index (χ1v) is 15.5. The van der Waals surface area contributed by atoms with Gasteiger partial charge < -0.3 is 9.47 Å². The Balaban J connectivity index is 1.69. The van der Waals surface area contributed by atoms with Crippen LogP contribution in [-0.4, -0.2) is 14.2 Å². The molecule has 0 N–H and O–H groups in total. The molecule has 0 amide bonds. The number of thioether (sulfide) groups is 3. The average Bonchev–Trinajstić information content (AvgIpc) is 2.83. The molecule has 6 aliphatic heterocycles. The summed E-state index contributed by atoms with van der Waals surface area (Å²) in [4.78, 5) is 0. The van der Waals surface area contributed by atoms with Gasteiger partial charge in [-0.1, -0.05) is 24.3 Å². The molecule has 0 saturated carbocycles. The Labute approximate surface area is 224 Å². The predicted octanol–water partition coefficient (Wildman–Crippen LogP) is 8.55. The molecule has 0 fully saturated rings. The molecule has 0 spiro atoms. The van der Waals surface area contributed by atoms with Gasteiger partial charge in [0, 0.05) is 45.6 Å². The molecule has 9 rings (SSSR count). The second-order valence-corrected chi connectivity index (χ2v) is 12.3. The van der Waals surface area contributed by atoms with Crippen LogP contribution in [0, 0.1) is 27.7 Å². The highest BCUT2D eigenvalue weighted by Gasteiger charge is 2.13. The van der Waals surface area contributed by atoms with Crippen LogP contribution in [0.4, 0.5) is 0 Å². The quantitative estimate of drug-likeness (QED) is 0.333. The third-order valence-corrected chi connectivity index (χ3v) is 9.91. The molecule has 0 saturated heterocycles. The van der Waals surface area contributed by atoms with Gasteiger partial charge in [-0.2, -0.15) is 35.3 Å². The molecule has 2 nitrogen and oxygen atoms in total. The molecule has 6 bridgehead atoms. The smallest absolute Gasteiger partial charge is 0.123 e. The van der Waals surface area contributed by atoms with Gasteiger partial charge in [0.15, 0.2) is 0 Å². The van der Waals surface area contributed by atoms with Crippen molar-refractivity contribution in [3.8, 4) is 11.5 Å². The van der Waals surface area contributed by atoms with Gasteiger partial charge in [0.25, 0.3) is 0 Å². The van der Waals surface area contributed by atoms with Crippen molar-refractivity contribution in [2.24, 2.45) is 0 Å². The van der Waals surface area contributed by atoms with Crippen molar-refractivity contribution in [1.29, 1.82) is 0 Å². The standard InChI is InChI=1S/C30H36O2S3/c1-19-8-24-14-34-17-27-10-22(4)26(12-30(27)32-6)16-35-18-28-9-21(3)25(11-29(28)31-5)15-33-13-23(19)7-20(24)2/h7-12H,13-18H2,1-6H3. The van der Waals surface area contributed by atoms with E-state index in [1.165, 1.54) is 55.6 Å². The van der Waals surface area contributed by atoms with Crippen LogP contribution in [0.3, 0.4) is 0 Å². The van der Waals surface area contributed by atoms with E-state index in [0.717, 1.165) is 46.0 Å². The van der Waals surface area contributed by atoms with Gasteiger partial charge in [0.1, 0.15) is 11.5 Å². The largest absolute Gasteiger partial charge is 0.496 e. The van der Waals surface area contributed by atoms with Crippen LogP contribution in [-0.2, 0) is 34.5 Å². The van der Waals surface area contributed by atoms with E-state index in [9.17, 15) is 0 Å². The number of aryl methyl sites for hydroxylation is 4. The van der Waals surface area contributed by atoms with E-state index in [1.54, 1.807) is 14.2 Å². The molecule has 3 aromatic carbocycles. The van der Waals surface area contributed by atoms with Gasteiger partial charge >= 0.3 is 0 Å². The highest BCUT2D eigenvalue weighted by molar-refractivity contribution is 7.98. The van der Waals surface area contributed by atoms with Gasteiger partial charge in [-0.25, -0.2) is 0 Å². The summed E-state index contributed by atoms with van der Waals surface area (Å²) in [5.74, 6) is 7.90. The van der Waals surface area contributed by atoms with Gasteiger partial charge in [0.05, 0.1) is 14.2 Å². The second-order valence-electron chi connectivity index (χ2n) is 9.36. The molecule has 3 aromatic rings. The first-order chi connectivity index (χ1) is 16.9. The van der Waals surface area contributed by atoms with Crippen LogP contribution in [0.25, 0.3) is 0 Å². The summed E-state index contributed by atoms with van der Waals surface area (Å²) in [5, 5.41) is 0. The monoisotopic (exact) mass is 524 g/mol. The average molecular weight is 525 g/mol. The minimum absolute atomic E-state index is 0.932. The maximum Gasteiger partial charge on any atom is 0.123 e. The summed E-state index contributed by atoms with van der Waals surface area (Å²) in [6.45, 7) is 8.96. The zero-order chi connectivity index (χ0) is 24.9. The lowest BCUT2D eigenvalue weighted by molar-refractivity contribution is 0.410. The van der Waals surface area contributed by atoms with E-state index >= 15 is 0 Å². The maximum absolute atomic E-state index is 5.81. The van der Waals surface area contributed by atoms with Crippen LogP contribution in [0.2, 0.25) is 0 Å². The molecule has 6 aliphatic rings. The fourth-order valence-corrected chi connectivity index (χ4v) is 7.88. The summed E-state index contributed by atoms with van der Waals surface area (Å²) < 4.78 is 11.6. The highest BCUT2D eigenvalue weighted by Crippen LogP contribution is 2.34. The van der Waals surface area contributed by atoms with E-state index in [4.69, 9.17) is 9.47 Å². The number of methoxy groups -OCH3 is 2. The fourth-order valence-electron chi connectivity index (χ4n) is 4.56. The van der Waals surface area contributed by atoms with Crippen LogP contribution < -0.4 is 9.47 Å². The lowest BCUT2D eigenvalue weighted by Gasteiger charge is -2.15. The van der Waals surface area contributed by atoms with E-state index in [2.05, 4.69) is 64.1 Å². The number of hydrogen-bond donors (Lipinski definition) is 0. The first-order valence-electron chi connectivity index (χ1n) is 12.0. The highest BCUT2D eigenvalue weighted by atomic mass is 32.2. The fraction of sp³-hybridized carbons (Fsp3) is 0.400. The molecule has 5 heteroatoms. The third-order valence-electron chi connectivity index (χ3n) is 6.82. The van der Waals surface area contributed by atoms with Crippen molar-refractivity contribution in [2.45, 2.75) is 62.2 Å². The van der Waals surface area contributed by atoms with Crippen LogP contribution in [0.1, 0.15) is 55.6 Å². The number of ether oxygens (including phenoxy) is 2. The van der Waals surface area contributed by atoms with Crippen molar-refractivity contribution < 1.29 is 9.47 Å². The zero-order valence-corrected chi connectivity index (χ0v) is 24.2. The van der Waals surface area contributed by atoms with Crippen molar-refractivity contribution >= 4 is 35.3 Å². The SMILES string of the molecule is COc1cc2c(C)cc1CSCc1cc(OC)c(cc1C)CSCc1cc(C)c(cc1C)CSC2. The van der Waals surface area contributed by atoms with E-state index in [0.29, 0.717) is 0 Å². The molecular formula is C30H36O2S3. The van der Waals surface area contributed by atoms with Gasteiger partial charge in [-0.15, -0.1) is 0 Å². The lowest BCUT2D eigenvalue weighted by Crippen LogP contribution is -1.98. The zero-order valence-electron chi connectivity index (χ0n) is 21.7. The Bertz CT molecular complexity index is 1200. The normalized spacial score (nSPS) is 14.7. The molecule has 0 unspecified atom stereocenters.